The zero-order chi connectivity index (χ0) is 20.9. The van der Waals surface area contributed by atoms with Crippen LogP contribution in [0.1, 0.15) is 5.56 Å². The van der Waals surface area contributed by atoms with Gasteiger partial charge in [-0.05, 0) is 29.8 Å². The summed E-state index contributed by atoms with van der Waals surface area (Å²) in [6, 6.07) is 29.7. The van der Waals surface area contributed by atoms with Crippen LogP contribution in [0.3, 0.4) is 0 Å². The number of nitrogens with zero attached hydrogens (tertiary/aromatic N) is 1. The molecule has 0 radical (unpaired) electrons. The summed E-state index contributed by atoms with van der Waals surface area (Å²) in [6.45, 7) is 2.07. The molecule has 3 aromatic rings. The maximum absolute atomic E-state index is 6.24. The van der Waals surface area contributed by atoms with Gasteiger partial charge in [-0.1, -0.05) is 66.7 Å². The average Bonchev–Trinajstić information content (AvgIpc) is 3.14. The monoisotopic (exact) mass is 455 g/mol. The standard InChI is InChI=1S/C23H23NO5P2/c1-4-10-20(11-5-1)16-24-23(17-25-30(24)28-21-12-6-2-7-13-21)18-26-31(27-19-23)29-22-14-8-3-9-15-22/h1-15H,16-19H2. The van der Waals surface area contributed by atoms with Crippen LogP contribution in [0.4, 0.5) is 0 Å². The van der Waals surface area contributed by atoms with Crippen molar-refractivity contribution in [3.05, 3.63) is 96.6 Å². The molecule has 160 valence electrons. The molecule has 31 heavy (non-hydrogen) atoms. The molecule has 0 saturated carbocycles. The quantitative estimate of drug-likeness (QED) is 0.431. The summed E-state index contributed by atoms with van der Waals surface area (Å²) in [5.41, 5.74) is 0.764. The van der Waals surface area contributed by atoms with Crippen molar-refractivity contribution in [2.45, 2.75) is 12.1 Å². The van der Waals surface area contributed by atoms with Gasteiger partial charge in [0, 0.05) is 6.54 Å². The summed E-state index contributed by atoms with van der Waals surface area (Å²) in [5.74, 6) is 1.53. The summed E-state index contributed by atoms with van der Waals surface area (Å²) in [5, 5.41) is 0. The largest absolute Gasteiger partial charge is 0.436 e. The van der Waals surface area contributed by atoms with E-state index in [-0.39, 0.29) is 0 Å². The predicted molar refractivity (Wildman–Crippen MR) is 121 cm³/mol. The molecule has 0 amide bonds. The van der Waals surface area contributed by atoms with E-state index >= 15 is 0 Å². The highest BCUT2D eigenvalue weighted by atomic mass is 31.2. The molecule has 2 fully saturated rings. The molecule has 1 atom stereocenters. The van der Waals surface area contributed by atoms with E-state index in [1.807, 2.05) is 78.9 Å². The molecule has 8 heteroatoms. The third-order valence-electron chi connectivity index (χ3n) is 5.09. The normalized spacial score (nSPS) is 26.1. The number of hydrogen-bond donors (Lipinski definition) is 0. The second kappa shape index (κ2) is 9.62. The number of para-hydroxylation sites is 2. The molecule has 1 spiro atoms. The second-order valence-electron chi connectivity index (χ2n) is 7.36. The summed E-state index contributed by atoms with van der Waals surface area (Å²) in [7, 11) is -2.75. The fourth-order valence-corrected chi connectivity index (χ4v) is 6.31. The van der Waals surface area contributed by atoms with E-state index < -0.39 is 22.7 Å². The van der Waals surface area contributed by atoms with Crippen LogP contribution in [0.2, 0.25) is 0 Å². The highest BCUT2D eigenvalue weighted by Gasteiger charge is 2.54. The van der Waals surface area contributed by atoms with Crippen LogP contribution in [-0.2, 0) is 20.1 Å². The van der Waals surface area contributed by atoms with E-state index in [0.29, 0.717) is 26.4 Å². The van der Waals surface area contributed by atoms with Crippen molar-refractivity contribution < 1.29 is 22.6 Å². The van der Waals surface area contributed by atoms with Crippen molar-refractivity contribution in [1.29, 1.82) is 0 Å². The minimum absolute atomic E-state index is 0.421. The first-order valence-electron chi connectivity index (χ1n) is 10.1. The lowest BCUT2D eigenvalue weighted by Gasteiger charge is -2.40. The predicted octanol–water partition coefficient (Wildman–Crippen LogP) is 5.92. The van der Waals surface area contributed by atoms with Gasteiger partial charge in [-0.25, -0.2) is 4.67 Å². The molecule has 3 aromatic carbocycles. The molecule has 2 saturated heterocycles. The minimum Gasteiger partial charge on any atom is -0.436 e. The molecular weight excluding hydrogens is 432 g/mol. The third kappa shape index (κ3) is 4.91. The number of hydrogen-bond acceptors (Lipinski definition) is 6. The Hall–Kier alpha value is -2.04. The van der Waals surface area contributed by atoms with Crippen molar-refractivity contribution in [2.24, 2.45) is 0 Å². The summed E-state index contributed by atoms with van der Waals surface area (Å²) in [4.78, 5) is 0. The van der Waals surface area contributed by atoms with Crippen LogP contribution >= 0.6 is 17.1 Å². The molecule has 0 bridgehead atoms. The number of benzene rings is 3. The first kappa shape index (κ1) is 20.8. The van der Waals surface area contributed by atoms with Crippen molar-refractivity contribution in [3.63, 3.8) is 0 Å². The molecule has 6 nitrogen and oxygen atoms in total. The Morgan fingerprint density at radius 3 is 1.81 bits per heavy atom. The van der Waals surface area contributed by atoms with Gasteiger partial charge in [0.15, 0.2) is 0 Å². The van der Waals surface area contributed by atoms with Gasteiger partial charge in [0.1, 0.15) is 17.0 Å². The zero-order valence-corrected chi connectivity index (χ0v) is 18.7. The van der Waals surface area contributed by atoms with Gasteiger partial charge in [-0.2, -0.15) is 0 Å². The maximum atomic E-state index is 6.24. The smallest absolute Gasteiger partial charge is 0.397 e. The lowest BCUT2D eigenvalue weighted by atomic mass is 10.0. The molecule has 2 aliphatic heterocycles. The second-order valence-corrected chi connectivity index (χ2v) is 9.90. The Morgan fingerprint density at radius 2 is 1.19 bits per heavy atom. The van der Waals surface area contributed by atoms with E-state index in [4.69, 9.17) is 22.6 Å². The Balaban J connectivity index is 1.31. The average molecular weight is 455 g/mol. The van der Waals surface area contributed by atoms with Crippen LogP contribution in [0.25, 0.3) is 0 Å². The minimum atomic E-state index is -1.45. The van der Waals surface area contributed by atoms with Gasteiger partial charge in [-0.15, -0.1) is 0 Å². The van der Waals surface area contributed by atoms with E-state index in [9.17, 15) is 0 Å². The third-order valence-corrected chi connectivity index (χ3v) is 7.81. The lowest BCUT2D eigenvalue weighted by Crippen LogP contribution is -2.53. The highest BCUT2D eigenvalue weighted by molar-refractivity contribution is 7.45. The Morgan fingerprint density at radius 1 is 0.677 bits per heavy atom. The molecule has 0 N–H and O–H groups in total. The van der Waals surface area contributed by atoms with Crippen molar-refractivity contribution >= 4 is 17.1 Å². The van der Waals surface area contributed by atoms with Crippen LogP contribution in [0.15, 0.2) is 91.0 Å². The topological polar surface area (TPSA) is 49.4 Å². The van der Waals surface area contributed by atoms with Crippen molar-refractivity contribution in [3.8, 4) is 11.5 Å². The van der Waals surface area contributed by atoms with Gasteiger partial charge in [0.2, 0.25) is 0 Å². The van der Waals surface area contributed by atoms with E-state index in [0.717, 1.165) is 11.5 Å². The molecule has 0 aliphatic carbocycles. The first-order valence-corrected chi connectivity index (χ1v) is 12.3. The molecule has 2 heterocycles. The number of rotatable bonds is 6. The van der Waals surface area contributed by atoms with Gasteiger partial charge < -0.3 is 22.6 Å². The van der Waals surface area contributed by atoms with Crippen LogP contribution in [0.5, 0.6) is 11.5 Å². The van der Waals surface area contributed by atoms with Gasteiger partial charge in [0.25, 0.3) is 0 Å². The summed E-state index contributed by atoms with van der Waals surface area (Å²) >= 11 is 0. The van der Waals surface area contributed by atoms with E-state index in [1.165, 1.54) is 5.56 Å². The van der Waals surface area contributed by atoms with Crippen molar-refractivity contribution in [1.82, 2.24) is 4.67 Å². The van der Waals surface area contributed by atoms with E-state index in [2.05, 4.69) is 16.8 Å². The van der Waals surface area contributed by atoms with Gasteiger partial charge in [-0.3, -0.25) is 0 Å². The highest BCUT2D eigenvalue weighted by Crippen LogP contribution is 2.58. The van der Waals surface area contributed by atoms with Crippen molar-refractivity contribution in [2.75, 3.05) is 19.8 Å². The maximum Gasteiger partial charge on any atom is 0.397 e. The fourth-order valence-electron chi connectivity index (χ4n) is 3.40. The van der Waals surface area contributed by atoms with Crippen LogP contribution in [-0.4, -0.2) is 30.0 Å². The first-order chi connectivity index (χ1) is 15.3. The fraction of sp³-hybridized carbons (Fsp3) is 0.217. The summed E-state index contributed by atoms with van der Waals surface area (Å²) < 4.78 is 32.6. The summed E-state index contributed by atoms with van der Waals surface area (Å²) in [6.07, 6.45) is 0. The lowest BCUT2D eigenvalue weighted by molar-refractivity contribution is 0.00459. The molecule has 5 rings (SSSR count). The SMILES string of the molecule is c1ccc(CN2P(Oc3ccccc3)OCC23COP(Oc2ccccc2)OC3)cc1. The van der Waals surface area contributed by atoms with E-state index in [1.54, 1.807) is 0 Å². The zero-order valence-electron chi connectivity index (χ0n) is 16.9. The Bertz CT molecular complexity index is 955. The molecular formula is C23H23NO5P2. The Kier molecular flexibility index (Phi) is 6.47. The molecule has 0 aromatic heterocycles. The molecule has 2 aliphatic rings. The van der Waals surface area contributed by atoms with Gasteiger partial charge >= 0.3 is 17.1 Å². The Labute approximate surface area is 184 Å². The van der Waals surface area contributed by atoms with Crippen LogP contribution < -0.4 is 9.05 Å². The van der Waals surface area contributed by atoms with Gasteiger partial charge in [0.05, 0.1) is 19.8 Å². The van der Waals surface area contributed by atoms with Crippen LogP contribution in [0, 0.1) is 0 Å². The molecule has 1 unspecified atom stereocenters.